The maximum Gasteiger partial charge on any atom is 0.434 e. The molecule has 0 radical (unpaired) electrons. The number of anilines is 1. The molecule has 1 aliphatic heterocycles. The van der Waals surface area contributed by atoms with Gasteiger partial charge in [-0.2, -0.15) is 23.4 Å². The number of halogens is 5. The number of nitrogens with zero attached hydrogens (tertiary/aromatic N) is 7. The van der Waals surface area contributed by atoms with Gasteiger partial charge in [-0.3, -0.25) is 4.68 Å². The quantitative estimate of drug-likeness (QED) is 0.267. The predicted octanol–water partition coefficient (Wildman–Crippen LogP) is 6.43. The lowest BCUT2D eigenvalue weighted by Crippen LogP contribution is -2.31. The fourth-order valence-corrected chi connectivity index (χ4v) is 4.89. The maximum atomic E-state index is 15.2. The zero-order valence-electron chi connectivity index (χ0n) is 20.6. The zero-order chi connectivity index (χ0) is 26.5. The number of hydrogen-bond acceptors (Lipinski definition) is 4. The van der Waals surface area contributed by atoms with Crippen molar-refractivity contribution < 1.29 is 17.6 Å². The van der Waals surface area contributed by atoms with E-state index in [1.807, 2.05) is 29.3 Å². The third kappa shape index (κ3) is 4.72. The molecule has 7 nitrogen and oxygen atoms in total. The van der Waals surface area contributed by atoms with Crippen LogP contribution in [0.1, 0.15) is 44.5 Å². The fraction of sp³-hybridized carbons (Fsp3) is 0.400. The van der Waals surface area contributed by atoms with Gasteiger partial charge in [0.2, 0.25) is 0 Å². The minimum Gasteiger partial charge on any atom is -0.352 e. The van der Waals surface area contributed by atoms with E-state index in [4.69, 9.17) is 16.7 Å². The summed E-state index contributed by atoms with van der Waals surface area (Å²) in [4.78, 5) is 5.77. The van der Waals surface area contributed by atoms with Crippen LogP contribution in [0.5, 0.6) is 0 Å². The Labute approximate surface area is 216 Å². The van der Waals surface area contributed by atoms with Gasteiger partial charge in [0, 0.05) is 44.5 Å². The number of benzene rings is 1. The Hall–Kier alpha value is -3.34. The van der Waals surface area contributed by atoms with Crippen LogP contribution in [0.15, 0.2) is 36.7 Å². The monoisotopic (exact) mass is 535 g/mol. The number of imidazole rings is 1. The predicted molar refractivity (Wildman–Crippen MR) is 133 cm³/mol. The third-order valence-electron chi connectivity index (χ3n) is 6.42. The highest BCUT2D eigenvalue weighted by Gasteiger charge is 2.35. The first-order valence-electron chi connectivity index (χ1n) is 12.1. The van der Waals surface area contributed by atoms with Gasteiger partial charge in [-0.25, -0.2) is 14.1 Å². The number of alkyl halides is 3. The Kier molecular flexibility index (Phi) is 6.51. The van der Waals surface area contributed by atoms with E-state index in [2.05, 4.69) is 15.0 Å². The summed E-state index contributed by atoms with van der Waals surface area (Å²) in [5, 5.41) is 9.64. The van der Waals surface area contributed by atoms with Crippen LogP contribution in [0.25, 0.3) is 22.8 Å². The van der Waals surface area contributed by atoms with Crippen LogP contribution >= 0.6 is 11.6 Å². The van der Waals surface area contributed by atoms with E-state index in [9.17, 15) is 13.2 Å². The Bertz CT molecular complexity index is 1430. The maximum absolute atomic E-state index is 15.2. The topological polar surface area (TPSA) is 56.7 Å². The van der Waals surface area contributed by atoms with Crippen molar-refractivity contribution in [3.05, 3.63) is 58.8 Å². The van der Waals surface area contributed by atoms with E-state index in [1.54, 1.807) is 19.2 Å². The van der Waals surface area contributed by atoms with Gasteiger partial charge in [0.05, 0.1) is 16.8 Å². The Morgan fingerprint density at radius 1 is 1.14 bits per heavy atom. The first-order valence-corrected chi connectivity index (χ1v) is 12.4. The van der Waals surface area contributed by atoms with Crippen LogP contribution in [0.2, 0.25) is 5.02 Å². The van der Waals surface area contributed by atoms with Gasteiger partial charge in [0.1, 0.15) is 28.8 Å². The van der Waals surface area contributed by atoms with E-state index >= 15 is 4.39 Å². The molecule has 1 aromatic carbocycles. The van der Waals surface area contributed by atoms with Crippen molar-refractivity contribution in [2.75, 3.05) is 11.4 Å². The van der Waals surface area contributed by atoms with Gasteiger partial charge in [-0.1, -0.05) is 17.7 Å². The summed E-state index contributed by atoms with van der Waals surface area (Å²) in [5.41, 5.74) is 1.14. The lowest BCUT2D eigenvalue weighted by Gasteiger charge is -2.29. The fourth-order valence-electron chi connectivity index (χ4n) is 4.67. The molecule has 0 saturated heterocycles. The van der Waals surface area contributed by atoms with Crippen molar-refractivity contribution in [2.45, 2.75) is 59.0 Å². The molecule has 4 heterocycles. The minimum absolute atomic E-state index is 0.0312. The van der Waals surface area contributed by atoms with Gasteiger partial charge in [-0.15, -0.1) is 0 Å². The standard InChI is InChI=1S/C25H26ClF4N7/c1-4-34-14-21(25(28,29)30)32-24(34)17-7-6-16(10-19(17)27)13-35-8-5-9-36-22(35)11-20(33-36)23-18(26)12-31-37(23)15(2)3/h6-7,10-12,14-15H,4-5,8-9,13H2,1-3H3. The summed E-state index contributed by atoms with van der Waals surface area (Å²) in [7, 11) is 0. The van der Waals surface area contributed by atoms with Crippen LogP contribution in [0.4, 0.5) is 23.4 Å². The number of rotatable bonds is 6. The van der Waals surface area contributed by atoms with Crippen LogP contribution in [0, 0.1) is 5.82 Å². The van der Waals surface area contributed by atoms with Crippen LogP contribution in [-0.2, 0) is 25.8 Å². The molecule has 3 aromatic heterocycles. The molecule has 0 aliphatic carbocycles. The van der Waals surface area contributed by atoms with Crippen LogP contribution in [-0.4, -0.2) is 35.7 Å². The van der Waals surface area contributed by atoms with Gasteiger partial charge in [0.25, 0.3) is 0 Å². The molecule has 0 unspecified atom stereocenters. The second-order valence-corrected chi connectivity index (χ2v) is 9.72. The molecule has 37 heavy (non-hydrogen) atoms. The molecule has 0 atom stereocenters. The summed E-state index contributed by atoms with van der Waals surface area (Å²) in [6, 6.07) is 6.64. The number of aryl methyl sites for hydroxylation is 2. The van der Waals surface area contributed by atoms with Crippen molar-refractivity contribution in [1.29, 1.82) is 0 Å². The summed E-state index contributed by atoms with van der Waals surface area (Å²) < 4.78 is 59.7. The lowest BCUT2D eigenvalue weighted by molar-refractivity contribution is -0.140. The van der Waals surface area contributed by atoms with E-state index < -0.39 is 17.7 Å². The van der Waals surface area contributed by atoms with Crippen molar-refractivity contribution in [1.82, 2.24) is 29.1 Å². The van der Waals surface area contributed by atoms with Crippen LogP contribution < -0.4 is 4.90 Å². The van der Waals surface area contributed by atoms with Crippen molar-refractivity contribution in [3.63, 3.8) is 0 Å². The summed E-state index contributed by atoms with van der Waals surface area (Å²) in [6.45, 7) is 7.87. The number of aromatic nitrogens is 6. The lowest BCUT2D eigenvalue weighted by atomic mass is 10.1. The van der Waals surface area contributed by atoms with Gasteiger partial charge >= 0.3 is 6.18 Å². The molecular weight excluding hydrogens is 510 g/mol. The molecule has 1 aliphatic rings. The minimum atomic E-state index is -4.60. The number of hydrogen-bond donors (Lipinski definition) is 0. The Morgan fingerprint density at radius 3 is 2.59 bits per heavy atom. The Balaban J connectivity index is 1.43. The molecule has 0 spiro atoms. The smallest absolute Gasteiger partial charge is 0.352 e. The summed E-state index contributed by atoms with van der Waals surface area (Å²) in [5.74, 6) is 0.221. The van der Waals surface area contributed by atoms with Crippen LogP contribution in [0.3, 0.4) is 0 Å². The molecule has 0 amide bonds. The second-order valence-electron chi connectivity index (χ2n) is 9.31. The third-order valence-corrected chi connectivity index (χ3v) is 6.70. The molecule has 196 valence electrons. The largest absolute Gasteiger partial charge is 0.434 e. The van der Waals surface area contributed by atoms with E-state index in [-0.39, 0.29) is 24.0 Å². The molecular formula is C25H26ClF4N7. The van der Waals surface area contributed by atoms with E-state index in [0.717, 1.165) is 37.2 Å². The highest BCUT2D eigenvalue weighted by atomic mass is 35.5. The highest BCUT2D eigenvalue weighted by Crippen LogP contribution is 2.35. The molecule has 12 heteroatoms. The van der Waals surface area contributed by atoms with Gasteiger partial charge < -0.3 is 9.47 Å². The normalized spacial score (nSPS) is 14.0. The molecule has 0 fully saturated rings. The summed E-state index contributed by atoms with van der Waals surface area (Å²) >= 11 is 6.43. The number of fused-ring (bicyclic) bond motifs is 1. The first-order chi connectivity index (χ1) is 17.6. The molecule has 0 bridgehead atoms. The molecule has 5 rings (SSSR count). The SMILES string of the molecule is CCn1cc(C(F)(F)F)nc1-c1ccc(CN2CCCn3nc(-c4c(Cl)cnn4C(C)C)cc32)cc1F. The van der Waals surface area contributed by atoms with E-state index in [0.29, 0.717) is 22.8 Å². The second kappa shape index (κ2) is 9.51. The van der Waals surface area contributed by atoms with Crippen molar-refractivity contribution in [2.24, 2.45) is 0 Å². The van der Waals surface area contributed by atoms with Gasteiger partial charge in [-0.05, 0) is 44.9 Å². The molecule has 0 saturated carbocycles. The average molecular weight is 536 g/mol. The Morgan fingerprint density at radius 2 is 1.92 bits per heavy atom. The van der Waals surface area contributed by atoms with Gasteiger partial charge in [0.15, 0.2) is 5.69 Å². The first kappa shape index (κ1) is 25.3. The van der Waals surface area contributed by atoms with Crippen molar-refractivity contribution >= 4 is 17.4 Å². The summed E-state index contributed by atoms with van der Waals surface area (Å²) in [6.07, 6.45) is -1.22. The average Bonchev–Trinajstić information content (AvgIpc) is 3.55. The van der Waals surface area contributed by atoms with E-state index in [1.165, 1.54) is 16.7 Å². The van der Waals surface area contributed by atoms with Crippen molar-refractivity contribution in [3.8, 4) is 22.8 Å². The molecule has 4 aromatic rings. The zero-order valence-corrected chi connectivity index (χ0v) is 21.4. The molecule has 0 N–H and O–H groups in total. The highest BCUT2D eigenvalue weighted by molar-refractivity contribution is 6.32.